The third-order valence-corrected chi connectivity index (χ3v) is 2.09. The Hall–Kier alpha value is -0.970. The first-order valence-corrected chi connectivity index (χ1v) is 5.27. The number of hydrogen-bond acceptors (Lipinski definition) is 2. The smallest absolute Gasteiger partial charge is 0.346 e. The van der Waals surface area contributed by atoms with Crippen LogP contribution in [-0.2, 0) is 0 Å². The van der Waals surface area contributed by atoms with Crippen molar-refractivity contribution in [2.24, 2.45) is 0 Å². The molecule has 0 radical (unpaired) electrons. The summed E-state index contributed by atoms with van der Waals surface area (Å²) in [6.07, 6.45) is -4.25. The average molecular weight is 253 g/mol. The van der Waals surface area contributed by atoms with E-state index in [4.69, 9.17) is 11.6 Å². The highest BCUT2D eigenvalue weighted by Crippen LogP contribution is 2.20. The van der Waals surface area contributed by atoms with Crippen molar-refractivity contribution in [3.63, 3.8) is 0 Å². The van der Waals surface area contributed by atoms with Crippen LogP contribution in [0.15, 0.2) is 18.2 Å². The molecule has 0 aliphatic heterocycles. The van der Waals surface area contributed by atoms with E-state index < -0.39 is 12.7 Å². The van der Waals surface area contributed by atoms with Crippen molar-refractivity contribution < 1.29 is 13.2 Å². The fourth-order valence-corrected chi connectivity index (χ4v) is 1.50. The number of aromatic nitrogens is 1. The van der Waals surface area contributed by atoms with Gasteiger partial charge in [0, 0.05) is 18.1 Å². The van der Waals surface area contributed by atoms with E-state index in [1.54, 1.807) is 25.1 Å². The average Bonchev–Trinajstić information content (AvgIpc) is 2.15. The summed E-state index contributed by atoms with van der Waals surface area (Å²) in [6.45, 7) is 0.823. The lowest BCUT2D eigenvalue weighted by molar-refractivity contribution is -0.119. The second-order valence-corrected chi connectivity index (χ2v) is 3.74. The molecule has 0 N–H and O–H groups in total. The lowest BCUT2D eigenvalue weighted by Gasteiger charge is -2.24. The van der Waals surface area contributed by atoms with Crippen molar-refractivity contribution in [1.82, 2.24) is 4.98 Å². The number of pyridine rings is 1. The van der Waals surface area contributed by atoms with E-state index in [0.717, 1.165) is 4.90 Å². The standard InChI is InChI=1S/C10H12ClF3N2/c1-8-3-2-4-9(15-8)16(6-5-11)7-10(12,13)14/h2-4H,5-7H2,1H3. The van der Waals surface area contributed by atoms with Crippen molar-refractivity contribution in [2.75, 3.05) is 23.9 Å². The summed E-state index contributed by atoms with van der Waals surface area (Å²) in [6, 6.07) is 4.95. The third-order valence-electron chi connectivity index (χ3n) is 1.92. The van der Waals surface area contributed by atoms with Gasteiger partial charge < -0.3 is 4.90 Å². The van der Waals surface area contributed by atoms with Gasteiger partial charge in [-0.15, -0.1) is 11.6 Å². The Morgan fingerprint density at radius 3 is 2.56 bits per heavy atom. The largest absolute Gasteiger partial charge is 0.405 e. The van der Waals surface area contributed by atoms with E-state index in [1.807, 2.05) is 0 Å². The highest BCUT2D eigenvalue weighted by atomic mass is 35.5. The number of aryl methyl sites for hydroxylation is 1. The van der Waals surface area contributed by atoms with Crippen LogP contribution in [0.1, 0.15) is 5.69 Å². The molecular weight excluding hydrogens is 241 g/mol. The van der Waals surface area contributed by atoms with Crippen LogP contribution >= 0.6 is 11.6 Å². The van der Waals surface area contributed by atoms with E-state index in [-0.39, 0.29) is 12.4 Å². The highest BCUT2D eigenvalue weighted by molar-refractivity contribution is 6.18. The van der Waals surface area contributed by atoms with Gasteiger partial charge in [-0.05, 0) is 19.1 Å². The van der Waals surface area contributed by atoms with Crippen LogP contribution < -0.4 is 4.90 Å². The van der Waals surface area contributed by atoms with Gasteiger partial charge in [0.1, 0.15) is 12.4 Å². The molecule has 0 bridgehead atoms. The molecule has 1 heterocycles. The van der Waals surface area contributed by atoms with Gasteiger partial charge in [-0.2, -0.15) is 13.2 Å². The molecule has 2 nitrogen and oxygen atoms in total. The molecule has 0 unspecified atom stereocenters. The second-order valence-electron chi connectivity index (χ2n) is 3.36. The zero-order chi connectivity index (χ0) is 12.2. The van der Waals surface area contributed by atoms with Crippen LogP contribution in [0.5, 0.6) is 0 Å². The van der Waals surface area contributed by atoms with Crippen molar-refractivity contribution in [1.29, 1.82) is 0 Å². The first kappa shape index (κ1) is 13.1. The lowest BCUT2D eigenvalue weighted by Crippen LogP contribution is -2.36. The van der Waals surface area contributed by atoms with Gasteiger partial charge in [-0.3, -0.25) is 0 Å². The Morgan fingerprint density at radius 2 is 2.06 bits per heavy atom. The minimum atomic E-state index is -4.25. The molecule has 0 fully saturated rings. The molecule has 1 aromatic heterocycles. The van der Waals surface area contributed by atoms with E-state index in [2.05, 4.69) is 4.98 Å². The summed E-state index contributed by atoms with van der Waals surface area (Å²) in [4.78, 5) is 5.17. The van der Waals surface area contributed by atoms with E-state index in [1.165, 1.54) is 0 Å². The third kappa shape index (κ3) is 4.26. The molecule has 90 valence electrons. The van der Waals surface area contributed by atoms with Gasteiger partial charge in [0.15, 0.2) is 0 Å². The Bertz CT molecular complexity index is 341. The van der Waals surface area contributed by atoms with Crippen LogP contribution in [0.4, 0.5) is 19.0 Å². The maximum absolute atomic E-state index is 12.3. The maximum atomic E-state index is 12.3. The van der Waals surface area contributed by atoms with Crippen LogP contribution in [0.25, 0.3) is 0 Å². The molecule has 1 rings (SSSR count). The second kappa shape index (κ2) is 5.39. The highest BCUT2D eigenvalue weighted by Gasteiger charge is 2.31. The van der Waals surface area contributed by atoms with Crippen LogP contribution in [0.2, 0.25) is 0 Å². The Labute approximate surface area is 97.0 Å². The monoisotopic (exact) mass is 252 g/mol. The summed E-state index contributed by atoms with van der Waals surface area (Å²) < 4.78 is 36.9. The quantitative estimate of drug-likeness (QED) is 0.766. The summed E-state index contributed by atoms with van der Waals surface area (Å²) in [7, 11) is 0. The maximum Gasteiger partial charge on any atom is 0.405 e. The van der Waals surface area contributed by atoms with Crippen molar-refractivity contribution in [3.05, 3.63) is 23.9 Å². The van der Waals surface area contributed by atoms with Crippen molar-refractivity contribution in [2.45, 2.75) is 13.1 Å². The normalized spacial score (nSPS) is 11.6. The summed E-state index contributed by atoms with van der Waals surface area (Å²) in [5, 5.41) is 0. The number of rotatable bonds is 4. The topological polar surface area (TPSA) is 16.1 Å². The minimum absolute atomic E-state index is 0.123. The molecule has 0 aromatic carbocycles. The van der Waals surface area contributed by atoms with Gasteiger partial charge in [0.05, 0.1) is 0 Å². The molecule has 0 aliphatic carbocycles. The predicted octanol–water partition coefficient (Wildman–Crippen LogP) is 3.00. The van der Waals surface area contributed by atoms with E-state index in [9.17, 15) is 13.2 Å². The molecule has 0 aliphatic rings. The van der Waals surface area contributed by atoms with Gasteiger partial charge >= 0.3 is 6.18 Å². The molecule has 16 heavy (non-hydrogen) atoms. The molecule has 0 saturated carbocycles. The molecule has 0 amide bonds. The summed E-state index contributed by atoms with van der Waals surface area (Å²) in [5.41, 5.74) is 0.680. The van der Waals surface area contributed by atoms with Gasteiger partial charge in [-0.1, -0.05) is 6.07 Å². The van der Waals surface area contributed by atoms with Crippen molar-refractivity contribution >= 4 is 17.4 Å². The van der Waals surface area contributed by atoms with Crippen molar-refractivity contribution in [3.8, 4) is 0 Å². The molecule has 0 spiro atoms. The number of hydrogen-bond donors (Lipinski definition) is 0. The first-order valence-electron chi connectivity index (χ1n) is 4.74. The lowest BCUT2D eigenvalue weighted by atomic mass is 10.3. The zero-order valence-electron chi connectivity index (χ0n) is 8.76. The number of nitrogens with zero attached hydrogens (tertiary/aromatic N) is 2. The predicted molar refractivity (Wildman–Crippen MR) is 58.0 cm³/mol. The van der Waals surface area contributed by atoms with Crippen LogP contribution in [-0.4, -0.2) is 30.1 Å². The van der Waals surface area contributed by atoms with E-state index >= 15 is 0 Å². The molecule has 0 saturated heterocycles. The molecule has 6 heteroatoms. The fraction of sp³-hybridized carbons (Fsp3) is 0.500. The Morgan fingerprint density at radius 1 is 1.38 bits per heavy atom. The molecule has 0 atom stereocenters. The summed E-state index contributed by atoms with van der Waals surface area (Å²) >= 11 is 5.48. The van der Waals surface area contributed by atoms with Crippen LogP contribution in [0, 0.1) is 6.92 Å². The van der Waals surface area contributed by atoms with Gasteiger partial charge in [0.2, 0.25) is 0 Å². The fourth-order valence-electron chi connectivity index (χ4n) is 1.30. The summed E-state index contributed by atoms with van der Waals surface area (Å²) in [5.74, 6) is 0.434. The number of anilines is 1. The van der Waals surface area contributed by atoms with Crippen LogP contribution in [0.3, 0.4) is 0 Å². The van der Waals surface area contributed by atoms with Gasteiger partial charge in [0.25, 0.3) is 0 Å². The molecular formula is C10H12ClF3N2. The van der Waals surface area contributed by atoms with Gasteiger partial charge in [-0.25, -0.2) is 4.98 Å². The zero-order valence-corrected chi connectivity index (χ0v) is 9.52. The Balaban J connectivity index is 2.85. The minimum Gasteiger partial charge on any atom is -0.346 e. The first-order chi connectivity index (χ1) is 7.42. The Kier molecular flexibility index (Phi) is 4.41. The number of halogens is 4. The number of alkyl halides is 4. The SMILES string of the molecule is Cc1cccc(N(CCCl)CC(F)(F)F)n1. The molecule has 1 aromatic rings. The van der Waals surface area contributed by atoms with E-state index in [0.29, 0.717) is 11.5 Å².